The van der Waals surface area contributed by atoms with Gasteiger partial charge in [0.2, 0.25) is 0 Å². The van der Waals surface area contributed by atoms with Crippen molar-refractivity contribution in [3.8, 4) is 34.9 Å². The summed E-state index contributed by atoms with van der Waals surface area (Å²) in [5.74, 6) is 1.80. The lowest BCUT2D eigenvalue weighted by Gasteiger charge is -2.02. The lowest BCUT2D eigenvalue weighted by Crippen LogP contribution is -1.85. The van der Waals surface area contributed by atoms with E-state index in [9.17, 15) is 10.5 Å². The number of aromatic amines is 1. The largest absolute Gasteiger partial charge is 0.497 e. The Balaban J connectivity index is 2.00. The minimum atomic E-state index is 0.216. The van der Waals surface area contributed by atoms with Crippen LogP contribution < -0.4 is 9.47 Å². The monoisotopic (exact) mass is 356 g/mol. The number of aromatic nitrogens is 1. The fourth-order valence-electron chi connectivity index (χ4n) is 2.61. The third-order valence-corrected chi connectivity index (χ3v) is 4.04. The smallest absolute Gasteiger partial charge is 0.149 e. The van der Waals surface area contributed by atoms with Crippen LogP contribution in [0.2, 0.25) is 0 Å². The van der Waals surface area contributed by atoms with E-state index in [4.69, 9.17) is 9.47 Å². The summed E-state index contributed by atoms with van der Waals surface area (Å²) in [6.07, 6.45) is 1.63. The van der Waals surface area contributed by atoms with E-state index in [0.29, 0.717) is 17.3 Å². The highest BCUT2D eigenvalue weighted by Crippen LogP contribution is 2.32. The van der Waals surface area contributed by atoms with Gasteiger partial charge in [-0.2, -0.15) is 10.5 Å². The van der Waals surface area contributed by atoms with Crippen molar-refractivity contribution < 1.29 is 9.47 Å². The average Bonchev–Trinajstić information content (AvgIpc) is 3.10. The highest BCUT2D eigenvalue weighted by molar-refractivity contribution is 5.84. The van der Waals surface area contributed by atoms with Crippen molar-refractivity contribution in [2.24, 2.45) is 4.99 Å². The molecule has 1 heterocycles. The van der Waals surface area contributed by atoms with E-state index in [-0.39, 0.29) is 11.1 Å². The Kier molecular flexibility index (Phi) is 5.20. The van der Waals surface area contributed by atoms with Gasteiger partial charge in [-0.1, -0.05) is 0 Å². The fourth-order valence-corrected chi connectivity index (χ4v) is 2.61. The van der Waals surface area contributed by atoms with Crippen molar-refractivity contribution in [1.82, 2.24) is 4.98 Å². The molecule has 6 nitrogen and oxygen atoms in total. The Bertz CT molecular complexity index is 1050. The summed E-state index contributed by atoms with van der Waals surface area (Å²) in [6, 6.07) is 18.8. The van der Waals surface area contributed by atoms with Crippen molar-refractivity contribution >= 4 is 12.0 Å². The SMILES string of the molecule is COc1ccc(/C=N/c2[nH]c(-c3ccc(OC)cc3)c(C#N)c2C#N)cc1. The number of rotatable bonds is 5. The normalized spacial score (nSPS) is 10.4. The van der Waals surface area contributed by atoms with Crippen LogP contribution in [0.4, 0.5) is 5.82 Å². The zero-order chi connectivity index (χ0) is 19.2. The van der Waals surface area contributed by atoms with E-state index in [0.717, 1.165) is 16.9 Å². The van der Waals surface area contributed by atoms with Crippen LogP contribution in [0.15, 0.2) is 53.5 Å². The number of H-pyrrole nitrogens is 1. The van der Waals surface area contributed by atoms with Crippen LogP contribution in [0.3, 0.4) is 0 Å². The highest BCUT2D eigenvalue weighted by atomic mass is 16.5. The van der Waals surface area contributed by atoms with Gasteiger partial charge in [-0.25, -0.2) is 4.99 Å². The molecule has 0 radical (unpaired) electrons. The van der Waals surface area contributed by atoms with Crippen molar-refractivity contribution in [3.05, 3.63) is 65.2 Å². The first-order valence-corrected chi connectivity index (χ1v) is 8.09. The maximum absolute atomic E-state index is 9.54. The van der Waals surface area contributed by atoms with Gasteiger partial charge in [0.1, 0.15) is 35.0 Å². The molecule has 1 aromatic heterocycles. The Morgan fingerprint density at radius 3 is 1.93 bits per heavy atom. The van der Waals surface area contributed by atoms with Crippen LogP contribution in [0, 0.1) is 22.7 Å². The molecule has 1 N–H and O–H groups in total. The molecule has 0 fully saturated rings. The molecule has 3 aromatic rings. The first-order valence-electron chi connectivity index (χ1n) is 8.09. The Morgan fingerprint density at radius 2 is 1.41 bits per heavy atom. The predicted molar refractivity (Wildman–Crippen MR) is 102 cm³/mol. The topological polar surface area (TPSA) is 94.2 Å². The summed E-state index contributed by atoms with van der Waals surface area (Å²) in [6.45, 7) is 0. The summed E-state index contributed by atoms with van der Waals surface area (Å²) in [5, 5.41) is 19.0. The van der Waals surface area contributed by atoms with Gasteiger partial charge in [0.15, 0.2) is 0 Å². The molecule has 0 atom stereocenters. The molecule has 0 saturated heterocycles. The van der Waals surface area contributed by atoms with Crippen LogP contribution >= 0.6 is 0 Å². The molecule has 27 heavy (non-hydrogen) atoms. The summed E-state index contributed by atoms with van der Waals surface area (Å²) in [7, 11) is 3.19. The van der Waals surface area contributed by atoms with E-state index < -0.39 is 0 Å². The van der Waals surface area contributed by atoms with Gasteiger partial charge in [0, 0.05) is 6.21 Å². The number of hydrogen-bond donors (Lipinski definition) is 1. The van der Waals surface area contributed by atoms with E-state index in [1.807, 2.05) is 36.4 Å². The number of methoxy groups -OCH3 is 2. The third-order valence-electron chi connectivity index (χ3n) is 4.04. The zero-order valence-corrected chi connectivity index (χ0v) is 14.9. The molecular formula is C21H16N4O2. The molecule has 0 saturated carbocycles. The molecule has 0 aliphatic carbocycles. The number of nitrogens with one attached hydrogen (secondary N) is 1. The van der Waals surface area contributed by atoms with Crippen LogP contribution in [0.1, 0.15) is 16.7 Å². The standard InChI is InChI=1S/C21H16N4O2/c1-26-16-7-3-14(4-8-16)13-24-21-19(12-23)18(11-22)20(25-21)15-5-9-17(27-2)10-6-15/h3-10,13,25H,1-2H3/b24-13+. The fraction of sp³-hybridized carbons (Fsp3) is 0.0952. The van der Waals surface area contributed by atoms with E-state index in [2.05, 4.69) is 22.1 Å². The average molecular weight is 356 g/mol. The van der Waals surface area contributed by atoms with Gasteiger partial charge < -0.3 is 14.5 Å². The summed E-state index contributed by atoms with van der Waals surface area (Å²) >= 11 is 0. The van der Waals surface area contributed by atoms with Crippen LogP contribution in [-0.2, 0) is 0 Å². The molecule has 3 rings (SSSR count). The van der Waals surface area contributed by atoms with Gasteiger partial charge in [-0.05, 0) is 59.7 Å². The Hall–Kier alpha value is -4.03. The first kappa shape index (κ1) is 17.8. The van der Waals surface area contributed by atoms with Gasteiger partial charge in [0.05, 0.1) is 25.5 Å². The molecule has 2 aromatic carbocycles. The van der Waals surface area contributed by atoms with Crippen LogP contribution in [0.25, 0.3) is 11.3 Å². The molecule has 0 bridgehead atoms. The minimum Gasteiger partial charge on any atom is -0.497 e. The molecular weight excluding hydrogens is 340 g/mol. The molecule has 0 aliphatic rings. The summed E-state index contributed by atoms with van der Waals surface area (Å²) in [4.78, 5) is 7.46. The minimum absolute atomic E-state index is 0.216. The van der Waals surface area contributed by atoms with E-state index in [1.165, 1.54) is 0 Å². The number of ether oxygens (including phenoxy) is 2. The zero-order valence-electron chi connectivity index (χ0n) is 14.9. The second kappa shape index (κ2) is 7.90. The number of benzene rings is 2. The molecule has 0 spiro atoms. The summed E-state index contributed by atoms with van der Waals surface area (Å²) < 4.78 is 10.3. The van der Waals surface area contributed by atoms with Crippen molar-refractivity contribution in [2.75, 3.05) is 14.2 Å². The molecule has 132 valence electrons. The Labute approximate surface area is 156 Å². The van der Waals surface area contributed by atoms with Gasteiger partial charge in [-0.15, -0.1) is 0 Å². The lowest BCUT2D eigenvalue weighted by molar-refractivity contribution is 0.414. The molecule has 0 unspecified atom stereocenters. The first-order chi connectivity index (χ1) is 13.2. The predicted octanol–water partition coefficient (Wildman–Crippen LogP) is 4.19. The van der Waals surface area contributed by atoms with Crippen molar-refractivity contribution in [3.63, 3.8) is 0 Å². The van der Waals surface area contributed by atoms with Crippen LogP contribution in [-0.4, -0.2) is 25.4 Å². The second-order valence-electron chi connectivity index (χ2n) is 5.58. The number of aliphatic imine (C=N–C) groups is 1. The number of nitrogens with zero attached hydrogens (tertiary/aromatic N) is 3. The maximum Gasteiger partial charge on any atom is 0.149 e. The van der Waals surface area contributed by atoms with Crippen molar-refractivity contribution in [2.45, 2.75) is 0 Å². The van der Waals surface area contributed by atoms with Crippen LogP contribution in [0.5, 0.6) is 11.5 Å². The maximum atomic E-state index is 9.54. The summed E-state index contributed by atoms with van der Waals surface area (Å²) in [5.41, 5.74) is 2.66. The van der Waals surface area contributed by atoms with Gasteiger partial charge in [0.25, 0.3) is 0 Å². The highest BCUT2D eigenvalue weighted by Gasteiger charge is 2.18. The quantitative estimate of drug-likeness (QED) is 0.693. The second-order valence-corrected chi connectivity index (χ2v) is 5.58. The molecule has 0 amide bonds. The Morgan fingerprint density at radius 1 is 0.852 bits per heavy atom. The van der Waals surface area contributed by atoms with E-state index in [1.54, 1.807) is 32.6 Å². The molecule has 0 aliphatic heterocycles. The van der Waals surface area contributed by atoms with Crippen molar-refractivity contribution in [1.29, 1.82) is 10.5 Å². The molecule has 6 heteroatoms. The van der Waals surface area contributed by atoms with E-state index >= 15 is 0 Å². The van der Waals surface area contributed by atoms with Gasteiger partial charge in [-0.3, -0.25) is 0 Å². The van der Waals surface area contributed by atoms with Gasteiger partial charge >= 0.3 is 0 Å². The number of hydrogen-bond acceptors (Lipinski definition) is 5. The number of nitriles is 2. The lowest BCUT2D eigenvalue weighted by atomic mass is 10.1. The third kappa shape index (κ3) is 3.65.